The predicted molar refractivity (Wildman–Crippen MR) is 124 cm³/mol. The van der Waals surface area contributed by atoms with Crippen molar-refractivity contribution in [1.29, 1.82) is 0 Å². The molecule has 0 saturated heterocycles. The molecule has 2 N–H and O–H groups in total. The van der Waals surface area contributed by atoms with Gasteiger partial charge in [0.1, 0.15) is 11.5 Å². The summed E-state index contributed by atoms with van der Waals surface area (Å²) < 4.78 is 2.98. The largest absolute Gasteiger partial charge is 0.478 e. The van der Waals surface area contributed by atoms with Gasteiger partial charge in [0.15, 0.2) is 5.52 Å². The minimum atomic E-state index is -1.03. The van der Waals surface area contributed by atoms with E-state index in [1.165, 1.54) is 29.9 Å². The highest BCUT2D eigenvalue weighted by Crippen LogP contribution is 2.26. The van der Waals surface area contributed by atoms with Crippen LogP contribution in [0.4, 0.5) is 0 Å². The lowest BCUT2D eigenvalue weighted by Crippen LogP contribution is -2.41. The molecule has 2 heterocycles. The van der Waals surface area contributed by atoms with Crippen molar-refractivity contribution in [2.45, 2.75) is 58.5 Å². The second kappa shape index (κ2) is 9.38. The average Bonchev–Trinajstić information content (AvgIpc) is 3.25. The van der Waals surface area contributed by atoms with Crippen LogP contribution in [-0.2, 0) is 17.9 Å². The second-order valence-electron chi connectivity index (χ2n) is 8.43. The molecule has 2 aromatic heterocycles. The number of aromatic nitrogens is 4. The zero-order valence-corrected chi connectivity index (χ0v) is 18.2. The van der Waals surface area contributed by atoms with Crippen molar-refractivity contribution in [3.8, 4) is 11.4 Å². The summed E-state index contributed by atoms with van der Waals surface area (Å²) >= 11 is 0. The number of carbonyl (C=O) groups is 1. The van der Waals surface area contributed by atoms with E-state index in [0.717, 1.165) is 18.9 Å². The van der Waals surface area contributed by atoms with E-state index in [2.05, 4.69) is 9.97 Å². The van der Waals surface area contributed by atoms with Crippen LogP contribution in [0.15, 0.2) is 39.9 Å². The Morgan fingerprint density at radius 2 is 2.00 bits per heavy atom. The summed E-state index contributed by atoms with van der Waals surface area (Å²) in [5, 5.41) is 8.87. The Labute approximate surface area is 185 Å². The molecule has 8 nitrogen and oxygen atoms in total. The van der Waals surface area contributed by atoms with Gasteiger partial charge in [-0.3, -0.25) is 13.9 Å². The summed E-state index contributed by atoms with van der Waals surface area (Å²) in [6.45, 7) is 2.87. The van der Waals surface area contributed by atoms with E-state index >= 15 is 0 Å². The van der Waals surface area contributed by atoms with Crippen molar-refractivity contribution >= 4 is 23.2 Å². The average molecular weight is 437 g/mol. The molecule has 0 radical (unpaired) electrons. The summed E-state index contributed by atoms with van der Waals surface area (Å²) in [5.41, 5.74) is 1.47. The van der Waals surface area contributed by atoms with Crippen molar-refractivity contribution in [3.63, 3.8) is 0 Å². The monoisotopic (exact) mass is 436 g/mol. The Bertz CT molecular complexity index is 1280. The number of nitrogens with one attached hydrogen (secondary N) is 1. The number of imidazole rings is 1. The van der Waals surface area contributed by atoms with Crippen molar-refractivity contribution < 1.29 is 9.90 Å². The smallest absolute Gasteiger partial charge is 0.332 e. The maximum absolute atomic E-state index is 13.2. The third-order valence-corrected chi connectivity index (χ3v) is 6.06. The lowest BCUT2D eigenvalue weighted by atomic mass is 9.89. The number of hydrogen-bond acceptors (Lipinski definition) is 4. The van der Waals surface area contributed by atoms with Crippen LogP contribution in [0.3, 0.4) is 0 Å². The number of benzene rings is 1. The first-order chi connectivity index (χ1) is 15.5. The molecule has 32 heavy (non-hydrogen) atoms. The summed E-state index contributed by atoms with van der Waals surface area (Å²) in [7, 11) is 0. The lowest BCUT2D eigenvalue weighted by Gasteiger charge is -2.23. The van der Waals surface area contributed by atoms with E-state index in [1.807, 2.05) is 13.0 Å². The number of rotatable bonds is 7. The topological polar surface area (TPSA) is 110 Å². The standard InChI is InChI=1S/C24H28N4O4/c1-2-13-27-23(31)20-22(28(24(27)32)15-17-7-4-3-5-8-17)26-21(25-20)18-10-6-9-16(14-18)11-12-19(29)30/h6,9-12,14,17H,2-5,7-8,13,15H2,1H3,(H,25,26)(H,29,30)/b12-11+. The van der Waals surface area contributed by atoms with Gasteiger partial charge >= 0.3 is 11.7 Å². The van der Waals surface area contributed by atoms with Crippen LogP contribution in [-0.4, -0.2) is 30.2 Å². The molecule has 1 aromatic carbocycles. The number of H-pyrrole nitrogens is 1. The van der Waals surface area contributed by atoms with E-state index in [-0.39, 0.29) is 16.8 Å². The maximum atomic E-state index is 13.2. The third-order valence-electron chi connectivity index (χ3n) is 6.06. The van der Waals surface area contributed by atoms with Gasteiger partial charge in [0.25, 0.3) is 5.56 Å². The van der Waals surface area contributed by atoms with E-state index in [1.54, 1.807) is 22.8 Å². The number of aromatic amines is 1. The maximum Gasteiger partial charge on any atom is 0.332 e. The van der Waals surface area contributed by atoms with Gasteiger partial charge in [-0.05, 0) is 42.9 Å². The van der Waals surface area contributed by atoms with Gasteiger partial charge in [-0.1, -0.05) is 44.4 Å². The minimum absolute atomic E-state index is 0.260. The molecule has 1 aliphatic carbocycles. The highest BCUT2D eigenvalue weighted by Gasteiger charge is 2.21. The Balaban J connectivity index is 1.83. The Kier molecular flexibility index (Phi) is 6.39. The normalized spacial score (nSPS) is 15.0. The van der Waals surface area contributed by atoms with Gasteiger partial charge in [0.05, 0.1) is 0 Å². The molecule has 8 heteroatoms. The molecule has 1 aliphatic rings. The van der Waals surface area contributed by atoms with Crippen LogP contribution >= 0.6 is 0 Å². The molecule has 0 bridgehead atoms. The number of aliphatic carboxylic acids is 1. The van der Waals surface area contributed by atoms with Gasteiger partial charge in [-0.25, -0.2) is 14.6 Å². The van der Waals surface area contributed by atoms with Gasteiger partial charge in [0.2, 0.25) is 0 Å². The highest BCUT2D eigenvalue weighted by molar-refractivity contribution is 5.85. The molecular weight excluding hydrogens is 408 g/mol. The molecule has 0 unspecified atom stereocenters. The molecule has 4 rings (SSSR count). The van der Waals surface area contributed by atoms with E-state index in [0.29, 0.717) is 48.0 Å². The van der Waals surface area contributed by atoms with Crippen LogP contribution in [0.1, 0.15) is 51.0 Å². The van der Waals surface area contributed by atoms with Crippen LogP contribution in [0.2, 0.25) is 0 Å². The molecule has 1 fully saturated rings. The van der Waals surface area contributed by atoms with E-state index in [4.69, 9.17) is 5.11 Å². The van der Waals surface area contributed by atoms with Crippen molar-refractivity contribution in [1.82, 2.24) is 19.1 Å². The fourth-order valence-electron chi connectivity index (χ4n) is 4.48. The Hall–Kier alpha value is -3.42. The molecule has 0 amide bonds. The summed E-state index contributed by atoms with van der Waals surface area (Å²) in [6, 6.07) is 7.22. The number of carboxylic acids is 1. The minimum Gasteiger partial charge on any atom is -0.478 e. The summed E-state index contributed by atoms with van der Waals surface area (Å²) in [5.74, 6) is -0.135. The van der Waals surface area contributed by atoms with Crippen LogP contribution in [0.5, 0.6) is 0 Å². The fraction of sp³-hybridized carbons (Fsp3) is 0.417. The van der Waals surface area contributed by atoms with Crippen LogP contribution in [0.25, 0.3) is 28.6 Å². The second-order valence-corrected chi connectivity index (χ2v) is 8.43. The highest BCUT2D eigenvalue weighted by atomic mass is 16.4. The van der Waals surface area contributed by atoms with Gasteiger partial charge in [0, 0.05) is 24.7 Å². The zero-order chi connectivity index (χ0) is 22.7. The predicted octanol–water partition coefficient (Wildman–Crippen LogP) is 3.64. The quantitative estimate of drug-likeness (QED) is 0.550. The van der Waals surface area contributed by atoms with E-state index in [9.17, 15) is 14.4 Å². The first-order valence-electron chi connectivity index (χ1n) is 11.2. The fourth-order valence-corrected chi connectivity index (χ4v) is 4.48. The van der Waals surface area contributed by atoms with Crippen molar-refractivity contribution in [2.24, 2.45) is 5.92 Å². The number of nitrogens with zero attached hydrogens (tertiary/aromatic N) is 3. The number of carboxylic acid groups (broad SMARTS) is 1. The molecule has 0 spiro atoms. The Morgan fingerprint density at radius 1 is 1.22 bits per heavy atom. The van der Waals surface area contributed by atoms with Crippen molar-refractivity contribution in [3.05, 3.63) is 56.7 Å². The summed E-state index contributed by atoms with van der Waals surface area (Å²) in [4.78, 5) is 44.9. The third kappa shape index (κ3) is 4.44. The SMILES string of the molecule is CCCn1c(=O)c2nc(-c3cccc(/C=C/C(=O)O)c3)[nH]c2n(CC2CCCCC2)c1=O. The Morgan fingerprint density at radius 3 is 2.72 bits per heavy atom. The molecule has 0 atom stereocenters. The first-order valence-corrected chi connectivity index (χ1v) is 11.2. The van der Waals surface area contributed by atoms with E-state index < -0.39 is 5.97 Å². The van der Waals surface area contributed by atoms with Gasteiger partial charge in [-0.2, -0.15) is 0 Å². The van der Waals surface area contributed by atoms with Crippen molar-refractivity contribution in [2.75, 3.05) is 0 Å². The molecule has 1 saturated carbocycles. The molecule has 0 aliphatic heterocycles. The number of fused-ring (bicyclic) bond motifs is 1. The van der Waals surface area contributed by atoms with Gasteiger partial charge in [-0.15, -0.1) is 0 Å². The first kappa shape index (κ1) is 21.8. The molecule has 168 valence electrons. The van der Waals surface area contributed by atoms with Crippen LogP contribution in [0, 0.1) is 5.92 Å². The lowest BCUT2D eigenvalue weighted by molar-refractivity contribution is -0.131. The molecule has 3 aromatic rings. The van der Waals surface area contributed by atoms with Crippen LogP contribution < -0.4 is 11.2 Å². The number of hydrogen-bond donors (Lipinski definition) is 2. The zero-order valence-electron chi connectivity index (χ0n) is 18.2. The summed E-state index contributed by atoms with van der Waals surface area (Å²) in [6.07, 6.45) is 8.99. The van der Waals surface area contributed by atoms with Gasteiger partial charge < -0.3 is 10.1 Å². The molecular formula is C24H28N4O4.